The van der Waals surface area contributed by atoms with E-state index in [0.29, 0.717) is 6.54 Å². The number of likely N-dealkylation sites (N-methyl/N-ethyl adjacent to an activating group) is 1. The molecule has 2 aliphatic rings. The lowest BCUT2D eigenvalue weighted by molar-refractivity contribution is -0.142. The zero-order chi connectivity index (χ0) is 15.4. The van der Waals surface area contributed by atoms with Crippen LogP contribution >= 0.6 is 0 Å². The molecule has 1 aliphatic heterocycles. The number of nitrogens with one attached hydrogen (secondary N) is 1. The maximum Gasteiger partial charge on any atom is 0.318 e. The number of carbonyl (C=O) groups excluding carboxylic acids is 1. The van der Waals surface area contributed by atoms with Gasteiger partial charge in [-0.2, -0.15) is 0 Å². The van der Waals surface area contributed by atoms with Crippen molar-refractivity contribution >= 4 is 12.0 Å². The molecule has 120 valence electrons. The van der Waals surface area contributed by atoms with Crippen molar-refractivity contribution in [2.45, 2.75) is 50.7 Å². The van der Waals surface area contributed by atoms with Crippen LogP contribution in [0.3, 0.4) is 0 Å². The Labute approximate surface area is 124 Å². The summed E-state index contributed by atoms with van der Waals surface area (Å²) in [7, 11) is 0. The summed E-state index contributed by atoms with van der Waals surface area (Å²) in [6.45, 7) is 2.73. The highest BCUT2D eigenvalue weighted by Gasteiger charge is 2.40. The molecule has 0 bridgehead atoms. The van der Waals surface area contributed by atoms with Gasteiger partial charge in [-0.3, -0.25) is 4.79 Å². The summed E-state index contributed by atoms with van der Waals surface area (Å²) in [4.78, 5) is 25.3. The summed E-state index contributed by atoms with van der Waals surface area (Å²) in [6, 6.07) is -0.684. The molecule has 0 aromatic rings. The number of hydrogen-bond donors (Lipinski definition) is 3. The first-order chi connectivity index (χ1) is 10.0. The number of hydrogen-bond acceptors (Lipinski definition) is 4. The number of carboxylic acid groups (broad SMARTS) is 1. The molecule has 0 radical (unpaired) electrons. The summed E-state index contributed by atoms with van der Waals surface area (Å²) in [5.41, 5.74) is 6.05. The van der Waals surface area contributed by atoms with Crippen LogP contribution in [0, 0.1) is 5.92 Å². The van der Waals surface area contributed by atoms with Crippen LogP contribution in [0.5, 0.6) is 0 Å². The van der Waals surface area contributed by atoms with E-state index in [1.165, 1.54) is 0 Å². The van der Waals surface area contributed by atoms with Gasteiger partial charge in [0.1, 0.15) is 5.92 Å². The number of carbonyl (C=O) groups is 2. The lowest BCUT2D eigenvalue weighted by atomic mass is 9.91. The average Bonchev–Trinajstić information content (AvgIpc) is 2.91. The van der Waals surface area contributed by atoms with Crippen molar-refractivity contribution in [1.82, 2.24) is 10.2 Å². The third-order valence-electron chi connectivity index (χ3n) is 4.50. The summed E-state index contributed by atoms with van der Waals surface area (Å²) in [5.74, 6) is -1.58. The van der Waals surface area contributed by atoms with Gasteiger partial charge in [-0.25, -0.2) is 4.79 Å². The van der Waals surface area contributed by atoms with Gasteiger partial charge in [-0.05, 0) is 19.8 Å². The van der Waals surface area contributed by atoms with Crippen LogP contribution in [0.1, 0.15) is 32.6 Å². The van der Waals surface area contributed by atoms with Crippen LogP contribution in [0.2, 0.25) is 0 Å². The van der Waals surface area contributed by atoms with Crippen molar-refractivity contribution < 1.29 is 19.4 Å². The van der Waals surface area contributed by atoms with E-state index in [2.05, 4.69) is 5.32 Å². The molecule has 2 rings (SSSR count). The molecule has 0 aromatic heterocycles. The predicted molar refractivity (Wildman–Crippen MR) is 76.9 cm³/mol. The number of aliphatic carboxylic acids is 1. The quantitative estimate of drug-likeness (QED) is 0.696. The minimum absolute atomic E-state index is 0.0171. The second kappa shape index (κ2) is 7.09. The Hall–Kier alpha value is -1.34. The summed E-state index contributed by atoms with van der Waals surface area (Å²) in [5, 5.41) is 12.2. The maximum absolute atomic E-state index is 12.5. The summed E-state index contributed by atoms with van der Waals surface area (Å²) >= 11 is 0. The van der Waals surface area contributed by atoms with E-state index in [-0.39, 0.29) is 31.3 Å². The average molecular weight is 299 g/mol. The van der Waals surface area contributed by atoms with Gasteiger partial charge >= 0.3 is 12.0 Å². The van der Waals surface area contributed by atoms with E-state index >= 15 is 0 Å². The number of nitrogens with zero attached hydrogens (tertiary/aromatic N) is 1. The van der Waals surface area contributed by atoms with Gasteiger partial charge in [-0.15, -0.1) is 0 Å². The predicted octanol–water partition coefficient (Wildman–Crippen LogP) is 0.387. The van der Waals surface area contributed by atoms with Gasteiger partial charge < -0.3 is 25.8 Å². The van der Waals surface area contributed by atoms with Crippen molar-refractivity contribution in [1.29, 1.82) is 0 Å². The van der Waals surface area contributed by atoms with Crippen LogP contribution in [-0.4, -0.2) is 59.9 Å². The molecule has 0 spiro atoms. The highest BCUT2D eigenvalue weighted by molar-refractivity contribution is 5.77. The van der Waals surface area contributed by atoms with E-state index in [0.717, 1.165) is 25.7 Å². The molecule has 1 heterocycles. The molecule has 4 atom stereocenters. The number of rotatable bonds is 4. The van der Waals surface area contributed by atoms with Crippen LogP contribution in [-0.2, 0) is 9.53 Å². The Morgan fingerprint density at radius 3 is 2.67 bits per heavy atom. The van der Waals surface area contributed by atoms with E-state index in [1.807, 2.05) is 6.92 Å². The molecule has 21 heavy (non-hydrogen) atoms. The van der Waals surface area contributed by atoms with Crippen molar-refractivity contribution in [3.8, 4) is 0 Å². The fraction of sp³-hybridized carbons (Fsp3) is 0.857. The van der Waals surface area contributed by atoms with Gasteiger partial charge in [0.15, 0.2) is 0 Å². The highest BCUT2D eigenvalue weighted by atomic mass is 16.5. The van der Waals surface area contributed by atoms with Gasteiger partial charge in [0.05, 0.1) is 19.3 Å². The van der Waals surface area contributed by atoms with Crippen LogP contribution in [0.15, 0.2) is 0 Å². The normalized spacial score (nSPS) is 32.7. The Bertz CT molecular complexity index is 390. The molecular weight excluding hydrogens is 274 g/mol. The van der Waals surface area contributed by atoms with Gasteiger partial charge in [0.2, 0.25) is 0 Å². The minimum Gasteiger partial charge on any atom is -0.481 e. The molecule has 2 amide bonds. The standard InChI is InChI=1S/C14H25N3O4/c1-2-17(12-8-21-7-9(12)13(18)19)14(20)16-11-6-4-3-5-10(11)15/h9-12H,2-8,15H2,1H3,(H,16,20)(H,18,19). The van der Waals surface area contributed by atoms with E-state index in [1.54, 1.807) is 4.90 Å². The summed E-state index contributed by atoms with van der Waals surface area (Å²) in [6.07, 6.45) is 3.97. The Morgan fingerprint density at radius 1 is 1.33 bits per heavy atom. The van der Waals surface area contributed by atoms with E-state index < -0.39 is 17.9 Å². The van der Waals surface area contributed by atoms with E-state index in [4.69, 9.17) is 10.5 Å². The highest BCUT2D eigenvalue weighted by Crippen LogP contribution is 2.21. The third kappa shape index (κ3) is 3.65. The van der Waals surface area contributed by atoms with E-state index in [9.17, 15) is 14.7 Å². The second-order valence-corrected chi connectivity index (χ2v) is 5.84. The zero-order valence-electron chi connectivity index (χ0n) is 12.5. The fourth-order valence-electron chi connectivity index (χ4n) is 3.20. The smallest absolute Gasteiger partial charge is 0.318 e. The molecule has 1 aliphatic carbocycles. The first-order valence-electron chi connectivity index (χ1n) is 7.67. The Morgan fingerprint density at radius 2 is 2.05 bits per heavy atom. The lowest BCUT2D eigenvalue weighted by Gasteiger charge is -2.34. The Kier molecular flexibility index (Phi) is 5.41. The van der Waals surface area contributed by atoms with Crippen LogP contribution in [0.4, 0.5) is 4.79 Å². The molecule has 1 saturated carbocycles. The maximum atomic E-state index is 12.5. The van der Waals surface area contributed by atoms with Crippen molar-refractivity contribution in [2.75, 3.05) is 19.8 Å². The zero-order valence-corrected chi connectivity index (χ0v) is 12.5. The number of ether oxygens (including phenoxy) is 1. The molecule has 1 saturated heterocycles. The third-order valence-corrected chi connectivity index (χ3v) is 4.50. The molecule has 0 aromatic carbocycles. The molecular formula is C14H25N3O4. The van der Waals surface area contributed by atoms with Crippen molar-refractivity contribution in [3.63, 3.8) is 0 Å². The van der Waals surface area contributed by atoms with Crippen LogP contribution in [0.25, 0.3) is 0 Å². The van der Waals surface area contributed by atoms with Gasteiger partial charge in [0.25, 0.3) is 0 Å². The SMILES string of the molecule is CCN(C(=O)NC1CCCCC1N)C1COCC1C(=O)O. The monoisotopic (exact) mass is 299 g/mol. The number of amides is 2. The second-order valence-electron chi connectivity index (χ2n) is 5.84. The fourth-order valence-corrected chi connectivity index (χ4v) is 3.20. The van der Waals surface area contributed by atoms with Crippen molar-refractivity contribution in [3.05, 3.63) is 0 Å². The lowest BCUT2D eigenvalue weighted by Crippen LogP contribution is -2.56. The molecule has 7 nitrogen and oxygen atoms in total. The molecule has 2 fully saturated rings. The molecule has 7 heteroatoms. The molecule has 4 N–H and O–H groups in total. The minimum atomic E-state index is -0.918. The van der Waals surface area contributed by atoms with Gasteiger partial charge in [-0.1, -0.05) is 12.8 Å². The summed E-state index contributed by atoms with van der Waals surface area (Å²) < 4.78 is 5.25. The largest absolute Gasteiger partial charge is 0.481 e. The van der Waals surface area contributed by atoms with Crippen LogP contribution < -0.4 is 11.1 Å². The number of urea groups is 1. The Balaban J connectivity index is 1.99. The number of carboxylic acids is 1. The van der Waals surface area contributed by atoms with Gasteiger partial charge in [0, 0.05) is 18.6 Å². The number of nitrogens with two attached hydrogens (primary N) is 1. The molecule has 4 unspecified atom stereocenters. The van der Waals surface area contributed by atoms with Crippen molar-refractivity contribution in [2.24, 2.45) is 11.7 Å². The topological polar surface area (TPSA) is 105 Å². The first kappa shape index (κ1) is 16.0. The first-order valence-corrected chi connectivity index (χ1v) is 7.67.